The zero-order valence-electron chi connectivity index (χ0n) is 22.2. The Morgan fingerprint density at radius 3 is 2.41 bits per heavy atom. The third kappa shape index (κ3) is 5.88. The van der Waals surface area contributed by atoms with Gasteiger partial charge in [-0.2, -0.15) is 13.2 Å². The molecule has 1 heterocycles. The van der Waals surface area contributed by atoms with Crippen LogP contribution < -0.4 is 9.04 Å². The molecule has 6 nitrogen and oxygen atoms in total. The second-order valence-corrected chi connectivity index (χ2v) is 12.9. The smallest absolute Gasteiger partial charge is 0.416 e. The van der Waals surface area contributed by atoms with Crippen LogP contribution in [-0.2, 0) is 25.7 Å². The van der Waals surface area contributed by atoms with Crippen LogP contribution in [0.2, 0.25) is 0 Å². The summed E-state index contributed by atoms with van der Waals surface area (Å²) in [6, 6.07) is 10.2. The standard InChI is InChI=1S/C29H26F5NO5S/c1-28(2,3)40-27(36)22-14-21(22)26-15-35(41(37,38)19-6-4-5-17(12-19)29(32,33)34)24-11-16(7-10-25(24)39-26)20-13-18(30)8-9-23(20)31/h4-13,21-22,26H,14-15H2,1-3H3/t21?,22?,26-/m1/s1. The summed E-state index contributed by atoms with van der Waals surface area (Å²) in [7, 11) is -4.61. The number of halogens is 5. The quantitative estimate of drug-likeness (QED) is 0.246. The first kappa shape index (κ1) is 28.8. The predicted octanol–water partition coefficient (Wildman–Crippen LogP) is 6.58. The Kier molecular flexibility index (Phi) is 7.04. The molecule has 41 heavy (non-hydrogen) atoms. The fourth-order valence-electron chi connectivity index (χ4n) is 4.84. The van der Waals surface area contributed by atoms with Crippen molar-refractivity contribution in [3.8, 4) is 16.9 Å². The number of benzene rings is 3. The average molecular weight is 596 g/mol. The van der Waals surface area contributed by atoms with Crippen molar-refractivity contribution < 1.29 is 44.6 Å². The zero-order valence-corrected chi connectivity index (χ0v) is 23.0. The summed E-state index contributed by atoms with van der Waals surface area (Å²) in [5, 5.41) is 0. The van der Waals surface area contributed by atoms with Gasteiger partial charge in [0.2, 0.25) is 0 Å². The molecule has 1 aliphatic heterocycles. The van der Waals surface area contributed by atoms with Gasteiger partial charge in [-0.15, -0.1) is 0 Å². The third-order valence-electron chi connectivity index (χ3n) is 6.87. The summed E-state index contributed by atoms with van der Waals surface area (Å²) in [5.74, 6) is -2.82. The number of carbonyl (C=O) groups is 1. The maximum atomic E-state index is 14.6. The highest BCUT2D eigenvalue weighted by molar-refractivity contribution is 7.92. The van der Waals surface area contributed by atoms with Gasteiger partial charge in [0.1, 0.15) is 29.1 Å². The number of sulfonamides is 1. The Morgan fingerprint density at radius 2 is 1.73 bits per heavy atom. The molecule has 0 radical (unpaired) electrons. The second-order valence-electron chi connectivity index (χ2n) is 11.1. The number of ether oxygens (including phenoxy) is 2. The summed E-state index contributed by atoms with van der Waals surface area (Å²) in [6.45, 7) is 4.83. The van der Waals surface area contributed by atoms with E-state index in [1.807, 2.05) is 0 Å². The molecule has 0 bridgehead atoms. The van der Waals surface area contributed by atoms with E-state index in [0.717, 1.165) is 40.7 Å². The van der Waals surface area contributed by atoms with Crippen LogP contribution in [0.25, 0.3) is 11.1 Å². The second kappa shape index (κ2) is 10.0. The first-order chi connectivity index (χ1) is 19.0. The number of hydrogen-bond donors (Lipinski definition) is 0. The van der Waals surface area contributed by atoms with Gasteiger partial charge >= 0.3 is 12.1 Å². The Morgan fingerprint density at radius 1 is 1.00 bits per heavy atom. The van der Waals surface area contributed by atoms with Crippen molar-refractivity contribution >= 4 is 21.7 Å². The number of esters is 1. The zero-order chi connectivity index (χ0) is 29.9. The summed E-state index contributed by atoms with van der Waals surface area (Å²) >= 11 is 0. The highest BCUT2D eigenvalue weighted by Crippen LogP contribution is 2.49. The molecule has 0 amide bonds. The van der Waals surface area contributed by atoms with Crippen molar-refractivity contribution in [2.45, 2.75) is 50.0 Å². The van der Waals surface area contributed by atoms with E-state index in [2.05, 4.69) is 0 Å². The minimum absolute atomic E-state index is 0.0608. The maximum Gasteiger partial charge on any atom is 0.416 e. The average Bonchev–Trinajstić information content (AvgIpc) is 3.69. The normalized spacial score (nSPS) is 20.7. The first-order valence-corrected chi connectivity index (χ1v) is 14.2. The van der Waals surface area contributed by atoms with Gasteiger partial charge in [0, 0.05) is 11.5 Å². The molecule has 2 aliphatic rings. The molecule has 3 atom stereocenters. The molecule has 3 aromatic carbocycles. The van der Waals surface area contributed by atoms with Gasteiger partial charge in [-0.3, -0.25) is 9.10 Å². The molecule has 218 valence electrons. The van der Waals surface area contributed by atoms with Crippen molar-refractivity contribution in [3.63, 3.8) is 0 Å². The largest absolute Gasteiger partial charge is 0.486 e. The molecule has 0 N–H and O–H groups in total. The van der Waals surface area contributed by atoms with Crippen molar-refractivity contribution in [2.75, 3.05) is 10.8 Å². The van der Waals surface area contributed by atoms with E-state index in [4.69, 9.17) is 9.47 Å². The van der Waals surface area contributed by atoms with E-state index in [-0.39, 0.29) is 29.1 Å². The first-order valence-electron chi connectivity index (χ1n) is 12.7. The third-order valence-corrected chi connectivity index (χ3v) is 8.64. The fourth-order valence-corrected chi connectivity index (χ4v) is 6.37. The van der Waals surface area contributed by atoms with Crippen molar-refractivity contribution in [2.24, 2.45) is 11.8 Å². The van der Waals surface area contributed by atoms with E-state index in [9.17, 15) is 35.2 Å². The van der Waals surface area contributed by atoms with Crippen LogP contribution in [0.3, 0.4) is 0 Å². The van der Waals surface area contributed by atoms with Gasteiger partial charge in [0.05, 0.1) is 28.6 Å². The van der Waals surface area contributed by atoms with E-state index in [1.165, 1.54) is 18.2 Å². The van der Waals surface area contributed by atoms with Crippen LogP contribution in [0.15, 0.2) is 65.6 Å². The molecule has 5 rings (SSSR count). The molecule has 1 aliphatic carbocycles. The van der Waals surface area contributed by atoms with E-state index in [1.54, 1.807) is 20.8 Å². The van der Waals surface area contributed by atoms with Gasteiger partial charge in [-0.1, -0.05) is 12.1 Å². The van der Waals surface area contributed by atoms with Crippen molar-refractivity contribution in [3.05, 3.63) is 77.9 Å². The van der Waals surface area contributed by atoms with Crippen molar-refractivity contribution in [1.82, 2.24) is 0 Å². The fraction of sp³-hybridized carbons (Fsp3) is 0.345. The van der Waals surface area contributed by atoms with Gasteiger partial charge in [-0.05, 0) is 81.3 Å². The molecule has 0 spiro atoms. The Hall–Kier alpha value is -3.67. The number of carbonyl (C=O) groups excluding carboxylic acids is 1. The van der Waals surface area contributed by atoms with Gasteiger partial charge < -0.3 is 9.47 Å². The van der Waals surface area contributed by atoms with Crippen LogP contribution in [0.4, 0.5) is 27.6 Å². The van der Waals surface area contributed by atoms with Gasteiger partial charge in [0.25, 0.3) is 10.0 Å². The predicted molar refractivity (Wildman–Crippen MR) is 140 cm³/mol. The van der Waals surface area contributed by atoms with E-state index < -0.39 is 67.8 Å². The maximum absolute atomic E-state index is 14.6. The van der Waals surface area contributed by atoms with E-state index in [0.29, 0.717) is 12.5 Å². The lowest BCUT2D eigenvalue weighted by Gasteiger charge is -2.36. The lowest BCUT2D eigenvalue weighted by atomic mass is 10.0. The van der Waals surface area contributed by atoms with Crippen LogP contribution in [0.5, 0.6) is 5.75 Å². The highest BCUT2D eigenvalue weighted by atomic mass is 32.2. The highest BCUT2D eigenvalue weighted by Gasteiger charge is 2.53. The minimum Gasteiger partial charge on any atom is -0.486 e. The summed E-state index contributed by atoms with van der Waals surface area (Å²) in [6.07, 6.45) is -5.23. The number of rotatable bonds is 5. The monoisotopic (exact) mass is 595 g/mol. The van der Waals surface area contributed by atoms with Gasteiger partial charge in [0.15, 0.2) is 0 Å². The van der Waals surface area contributed by atoms with Crippen molar-refractivity contribution in [1.29, 1.82) is 0 Å². The lowest BCUT2D eigenvalue weighted by molar-refractivity contribution is -0.157. The molecule has 1 saturated carbocycles. The van der Waals surface area contributed by atoms with E-state index >= 15 is 0 Å². The Balaban J connectivity index is 1.56. The SMILES string of the molecule is CC(C)(C)OC(=O)C1CC1[C@H]1CN(S(=O)(=O)c2cccc(C(F)(F)F)c2)c2cc(-c3cc(F)ccc3F)ccc2O1. The molecule has 2 unspecified atom stereocenters. The number of anilines is 1. The number of alkyl halides is 3. The molecular formula is C29H26F5NO5S. The molecular weight excluding hydrogens is 569 g/mol. The Labute approximate surface area is 233 Å². The summed E-state index contributed by atoms with van der Waals surface area (Å²) in [5.41, 5.74) is -1.95. The molecule has 3 aromatic rings. The van der Waals surface area contributed by atoms with Crippen LogP contribution in [0.1, 0.15) is 32.8 Å². The lowest BCUT2D eigenvalue weighted by Crippen LogP contribution is -2.45. The number of hydrogen-bond acceptors (Lipinski definition) is 5. The Bertz CT molecular complexity index is 1620. The molecule has 1 fully saturated rings. The van der Waals surface area contributed by atoms with Crippen LogP contribution in [-0.4, -0.2) is 32.6 Å². The number of fused-ring (bicyclic) bond motifs is 1. The summed E-state index contributed by atoms with van der Waals surface area (Å²) in [4.78, 5) is 12.0. The summed E-state index contributed by atoms with van der Waals surface area (Å²) < 4.78 is 109. The van der Waals surface area contributed by atoms with Crippen LogP contribution in [0, 0.1) is 23.5 Å². The molecule has 12 heteroatoms. The topological polar surface area (TPSA) is 72.9 Å². The van der Waals surface area contributed by atoms with Gasteiger partial charge in [-0.25, -0.2) is 17.2 Å². The number of nitrogens with zero attached hydrogens (tertiary/aromatic N) is 1. The molecule has 0 saturated heterocycles. The molecule has 0 aromatic heterocycles. The van der Waals surface area contributed by atoms with Crippen LogP contribution >= 0.6 is 0 Å². The minimum atomic E-state index is -4.78.